The van der Waals surface area contributed by atoms with Gasteiger partial charge in [0, 0.05) is 38.2 Å². The van der Waals surface area contributed by atoms with Gasteiger partial charge in [-0.3, -0.25) is 9.59 Å². The number of piperazine rings is 1. The van der Waals surface area contributed by atoms with Crippen LogP contribution in [0.25, 0.3) is 0 Å². The van der Waals surface area contributed by atoms with Gasteiger partial charge in [-0.2, -0.15) is 0 Å². The van der Waals surface area contributed by atoms with Gasteiger partial charge in [0.2, 0.25) is 5.91 Å². The third kappa shape index (κ3) is 4.71. The lowest BCUT2D eigenvalue weighted by Crippen LogP contribution is -2.50. The van der Waals surface area contributed by atoms with Gasteiger partial charge in [-0.05, 0) is 50.0 Å². The Morgan fingerprint density at radius 3 is 2.41 bits per heavy atom. The Labute approximate surface area is 160 Å². The fourth-order valence-electron chi connectivity index (χ4n) is 3.76. The zero-order chi connectivity index (χ0) is 19.2. The lowest BCUT2D eigenvalue weighted by Gasteiger charge is -2.35. The predicted molar refractivity (Wildman–Crippen MR) is 102 cm³/mol. The summed E-state index contributed by atoms with van der Waals surface area (Å²) < 4.78 is 10.5. The number of rotatable bonds is 6. The Morgan fingerprint density at radius 2 is 1.78 bits per heavy atom. The van der Waals surface area contributed by atoms with Gasteiger partial charge in [-0.25, -0.2) is 0 Å². The number of methoxy groups -OCH3 is 2. The molecule has 0 saturated carbocycles. The maximum atomic E-state index is 12.8. The van der Waals surface area contributed by atoms with Gasteiger partial charge in [0.1, 0.15) is 0 Å². The molecule has 27 heavy (non-hydrogen) atoms. The average molecular weight is 375 g/mol. The van der Waals surface area contributed by atoms with Crippen LogP contribution < -0.4 is 14.8 Å². The molecule has 2 aliphatic rings. The summed E-state index contributed by atoms with van der Waals surface area (Å²) in [4.78, 5) is 28.9. The molecule has 7 heteroatoms. The Morgan fingerprint density at radius 1 is 1.07 bits per heavy atom. The molecular formula is C20H29N3O4. The molecule has 2 saturated heterocycles. The molecule has 0 aromatic heterocycles. The van der Waals surface area contributed by atoms with Crippen LogP contribution in [0, 0.1) is 5.92 Å². The summed E-state index contributed by atoms with van der Waals surface area (Å²) in [6.45, 7) is 4.41. The van der Waals surface area contributed by atoms with E-state index in [1.807, 2.05) is 4.90 Å². The van der Waals surface area contributed by atoms with Crippen molar-refractivity contribution >= 4 is 11.8 Å². The van der Waals surface area contributed by atoms with Crippen LogP contribution in [0.4, 0.5) is 0 Å². The minimum atomic E-state index is -0.0416. The summed E-state index contributed by atoms with van der Waals surface area (Å²) >= 11 is 0. The normalized spacial score (nSPS) is 19.9. The second kappa shape index (κ2) is 9.08. The van der Waals surface area contributed by atoms with Crippen molar-refractivity contribution in [2.45, 2.75) is 19.3 Å². The van der Waals surface area contributed by atoms with Crippen molar-refractivity contribution in [3.05, 3.63) is 23.8 Å². The number of carbonyl (C=O) groups is 2. The summed E-state index contributed by atoms with van der Waals surface area (Å²) in [7, 11) is 3.12. The zero-order valence-electron chi connectivity index (χ0n) is 16.2. The van der Waals surface area contributed by atoms with Crippen molar-refractivity contribution in [3.63, 3.8) is 0 Å². The number of hydrogen-bond acceptors (Lipinski definition) is 5. The molecule has 148 valence electrons. The first kappa shape index (κ1) is 19.5. The third-order valence-corrected chi connectivity index (χ3v) is 5.48. The quantitative estimate of drug-likeness (QED) is 0.813. The number of carbonyl (C=O) groups excluding carboxylic acids is 2. The first-order valence-corrected chi connectivity index (χ1v) is 9.62. The van der Waals surface area contributed by atoms with Gasteiger partial charge in [0.05, 0.1) is 14.2 Å². The van der Waals surface area contributed by atoms with E-state index in [9.17, 15) is 9.59 Å². The minimum Gasteiger partial charge on any atom is -0.493 e. The molecule has 0 bridgehead atoms. The van der Waals surface area contributed by atoms with E-state index in [0.717, 1.165) is 19.5 Å². The van der Waals surface area contributed by atoms with Gasteiger partial charge in [0.15, 0.2) is 11.5 Å². The first-order valence-electron chi connectivity index (χ1n) is 9.62. The number of nitrogens with one attached hydrogen (secondary N) is 1. The Kier molecular flexibility index (Phi) is 6.55. The van der Waals surface area contributed by atoms with Crippen LogP contribution in [0.5, 0.6) is 11.5 Å². The molecule has 2 fully saturated rings. The smallest absolute Gasteiger partial charge is 0.254 e. The van der Waals surface area contributed by atoms with Crippen molar-refractivity contribution in [1.29, 1.82) is 0 Å². The van der Waals surface area contributed by atoms with Gasteiger partial charge >= 0.3 is 0 Å². The molecule has 0 radical (unpaired) electrons. The van der Waals surface area contributed by atoms with Gasteiger partial charge in [-0.15, -0.1) is 0 Å². The van der Waals surface area contributed by atoms with Gasteiger partial charge < -0.3 is 24.6 Å². The number of ether oxygens (including phenoxy) is 2. The summed E-state index contributed by atoms with van der Waals surface area (Å²) in [5.41, 5.74) is 0.571. The maximum Gasteiger partial charge on any atom is 0.254 e. The molecule has 2 heterocycles. The summed E-state index contributed by atoms with van der Waals surface area (Å²) in [5, 5.41) is 3.34. The summed E-state index contributed by atoms with van der Waals surface area (Å²) in [5.74, 6) is 1.93. The molecule has 2 amide bonds. The van der Waals surface area contributed by atoms with Crippen LogP contribution in [0.15, 0.2) is 18.2 Å². The van der Waals surface area contributed by atoms with Gasteiger partial charge in [0.25, 0.3) is 5.91 Å². The molecule has 7 nitrogen and oxygen atoms in total. The monoisotopic (exact) mass is 375 g/mol. The molecule has 1 atom stereocenters. The van der Waals surface area contributed by atoms with E-state index in [1.54, 1.807) is 37.3 Å². The SMILES string of the molecule is COc1ccc(C(=O)N2CCN(C(=O)CCC3CCNC3)CC2)cc1OC. The molecule has 0 aliphatic carbocycles. The lowest BCUT2D eigenvalue weighted by atomic mass is 10.0. The van der Waals surface area contributed by atoms with Crippen molar-refractivity contribution in [2.75, 3.05) is 53.5 Å². The molecule has 0 spiro atoms. The minimum absolute atomic E-state index is 0.0416. The van der Waals surface area contributed by atoms with Crippen LogP contribution in [-0.2, 0) is 4.79 Å². The van der Waals surface area contributed by atoms with E-state index < -0.39 is 0 Å². The molecule has 1 unspecified atom stereocenters. The fraction of sp³-hybridized carbons (Fsp3) is 0.600. The highest BCUT2D eigenvalue weighted by atomic mass is 16.5. The van der Waals surface area contributed by atoms with Crippen molar-refractivity contribution < 1.29 is 19.1 Å². The van der Waals surface area contributed by atoms with E-state index in [2.05, 4.69) is 5.32 Å². The Balaban J connectivity index is 1.50. The molecule has 3 rings (SSSR count). The van der Waals surface area contributed by atoms with E-state index in [0.29, 0.717) is 55.6 Å². The summed E-state index contributed by atoms with van der Waals surface area (Å²) in [6, 6.07) is 5.19. The van der Waals surface area contributed by atoms with Crippen molar-refractivity contribution in [2.24, 2.45) is 5.92 Å². The molecule has 1 aromatic carbocycles. The largest absolute Gasteiger partial charge is 0.493 e. The van der Waals surface area contributed by atoms with E-state index in [1.165, 1.54) is 6.42 Å². The number of hydrogen-bond donors (Lipinski definition) is 1. The summed E-state index contributed by atoms with van der Waals surface area (Å²) in [6.07, 6.45) is 2.73. The first-order chi connectivity index (χ1) is 13.1. The molecule has 2 aliphatic heterocycles. The topological polar surface area (TPSA) is 71.1 Å². The van der Waals surface area contributed by atoms with E-state index in [-0.39, 0.29) is 11.8 Å². The second-order valence-electron chi connectivity index (χ2n) is 7.14. The van der Waals surface area contributed by atoms with E-state index in [4.69, 9.17) is 9.47 Å². The van der Waals surface area contributed by atoms with Crippen LogP contribution >= 0.6 is 0 Å². The van der Waals surface area contributed by atoms with Gasteiger partial charge in [-0.1, -0.05) is 0 Å². The van der Waals surface area contributed by atoms with Crippen LogP contribution in [-0.4, -0.2) is 75.1 Å². The number of amides is 2. The third-order valence-electron chi connectivity index (χ3n) is 5.48. The lowest BCUT2D eigenvalue weighted by molar-refractivity contribution is -0.132. The number of benzene rings is 1. The standard InChI is InChI=1S/C20H29N3O4/c1-26-17-5-4-16(13-18(17)27-2)20(25)23-11-9-22(10-12-23)19(24)6-3-15-7-8-21-14-15/h4-5,13,15,21H,3,6-12,14H2,1-2H3. The van der Waals surface area contributed by atoms with Crippen LogP contribution in [0.1, 0.15) is 29.6 Å². The predicted octanol–water partition coefficient (Wildman–Crippen LogP) is 1.38. The van der Waals surface area contributed by atoms with Crippen molar-refractivity contribution in [3.8, 4) is 11.5 Å². The highest BCUT2D eigenvalue weighted by molar-refractivity contribution is 5.95. The molecule has 1 N–H and O–H groups in total. The molecule has 1 aromatic rings. The fourth-order valence-corrected chi connectivity index (χ4v) is 3.76. The van der Waals surface area contributed by atoms with Crippen molar-refractivity contribution in [1.82, 2.24) is 15.1 Å². The Hall–Kier alpha value is -2.28. The number of nitrogens with zero attached hydrogens (tertiary/aromatic N) is 2. The van der Waals surface area contributed by atoms with Crippen LogP contribution in [0.3, 0.4) is 0 Å². The molecular weight excluding hydrogens is 346 g/mol. The van der Waals surface area contributed by atoms with E-state index >= 15 is 0 Å². The average Bonchev–Trinajstić information content (AvgIpc) is 3.24. The highest BCUT2D eigenvalue weighted by Gasteiger charge is 2.26. The second-order valence-corrected chi connectivity index (χ2v) is 7.14. The van der Waals surface area contributed by atoms with Crippen LogP contribution in [0.2, 0.25) is 0 Å². The maximum absolute atomic E-state index is 12.8. The highest BCUT2D eigenvalue weighted by Crippen LogP contribution is 2.28. The zero-order valence-corrected chi connectivity index (χ0v) is 16.2. The Bertz CT molecular complexity index is 665.